The van der Waals surface area contributed by atoms with Crippen molar-refractivity contribution in [3.8, 4) is 0 Å². The second-order valence-corrected chi connectivity index (χ2v) is 0. The Kier molecular flexibility index (Phi) is 132. The maximum atomic E-state index is 0. The molecule has 1 radical (unpaired) electrons. The molecule has 0 bridgehead atoms. The minimum Gasteiger partial charge on any atom is 0 e. The Morgan fingerprint density at radius 1 is 0.500 bits per heavy atom. The molecule has 4 heteroatoms. The summed E-state index contributed by atoms with van der Waals surface area (Å²) in [6, 6.07) is 0. The topological polar surface area (TPSA) is 0 Å². The van der Waals surface area contributed by atoms with Crippen LogP contribution in [0.5, 0.6) is 0 Å². The van der Waals surface area contributed by atoms with Gasteiger partial charge in [-0.1, -0.05) is 0 Å². The summed E-state index contributed by atoms with van der Waals surface area (Å²) in [4.78, 5) is 0. The zero-order valence-electron chi connectivity index (χ0n) is 0.447. The fraction of sp³-hybridized carbons (Fsp3) is 0. The second-order valence-electron chi connectivity index (χ2n) is 0. The van der Waals surface area contributed by atoms with Crippen molar-refractivity contribution in [1.29, 1.82) is 0 Å². The van der Waals surface area contributed by atoms with Crippen LogP contribution in [0.4, 0.5) is 0 Å². The first-order valence-electron chi connectivity index (χ1n) is 0. The molecule has 0 atom stereocenters. The summed E-state index contributed by atoms with van der Waals surface area (Å²) < 4.78 is 0. The van der Waals surface area contributed by atoms with Gasteiger partial charge in [0.05, 0.1) is 0 Å². The SMILES string of the molecule is [GaH3].[GaH3].[GaH3].[Nb]. The summed E-state index contributed by atoms with van der Waals surface area (Å²) in [6.45, 7) is 0. The van der Waals surface area contributed by atoms with Crippen molar-refractivity contribution in [2.24, 2.45) is 0 Å². The van der Waals surface area contributed by atoms with E-state index in [1.165, 1.54) is 0 Å². The molecule has 0 saturated carbocycles. The molecule has 0 aromatic carbocycles. The van der Waals surface area contributed by atoms with Gasteiger partial charge in [0.2, 0.25) is 0 Å². The van der Waals surface area contributed by atoms with E-state index >= 15 is 0 Å². The van der Waals surface area contributed by atoms with Gasteiger partial charge in [0, 0.05) is 22.4 Å². The molecular formula is H9Ga3Nb. The van der Waals surface area contributed by atoms with Crippen LogP contribution in [0.1, 0.15) is 0 Å². The second kappa shape index (κ2) is 17.4. The van der Waals surface area contributed by atoms with Crippen LogP contribution in [0, 0.1) is 0 Å². The van der Waals surface area contributed by atoms with Gasteiger partial charge < -0.3 is 0 Å². The smallest absolute Gasteiger partial charge is 0 e. The third kappa shape index (κ3) is 8.82. The van der Waals surface area contributed by atoms with Crippen LogP contribution in [-0.4, -0.2) is 59.4 Å². The molecule has 0 aliphatic heterocycles. The van der Waals surface area contributed by atoms with E-state index in [0.29, 0.717) is 0 Å². The minimum absolute atomic E-state index is 0. The van der Waals surface area contributed by atoms with Crippen LogP contribution < -0.4 is 0 Å². The van der Waals surface area contributed by atoms with Crippen molar-refractivity contribution in [2.45, 2.75) is 0 Å². The molecule has 0 N–H and O–H groups in total. The molecule has 0 saturated heterocycles. The summed E-state index contributed by atoms with van der Waals surface area (Å²) in [5.74, 6) is 0. The maximum Gasteiger partial charge on any atom is 0 e. The van der Waals surface area contributed by atoms with E-state index in [4.69, 9.17) is 0 Å². The van der Waals surface area contributed by atoms with Crippen molar-refractivity contribution in [3.63, 3.8) is 0 Å². The van der Waals surface area contributed by atoms with Gasteiger partial charge in [-0.25, -0.2) is 0 Å². The van der Waals surface area contributed by atoms with Gasteiger partial charge >= 0.3 is 59.4 Å². The number of rotatable bonds is 0. The van der Waals surface area contributed by atoms with Crippen LogP contribution >= 0.6 is 0 Å². The van der Waals surface area contributed by atoms with E-state index in [1.807, 2.05) is 0 Å². The Hall–Kier alpha value is 2.65. The predicted octanol–water partition coefficient (Wildman–Crippen LogP) is -3.55. The largest absolute Gasteiger partial charge is 0 e. The van der Waals surface area contributed by atoms with Crippen LogP contribution in [0.15, 0.2) is 0 Å². The fourth-order valence-electron chi connectivity index (χ4n) is 0. The molecule has 0 heterocycles. The Labute approximate surface area is 80.5 Å². The predicted molar refractivity (Wildman–Crippen MR) is 29.8 cm³/mol. The van der Waals surface area contributed by atoms with E-state index < -0.39 is 0 Å². The van der Waals surface area contributed by atoms with Crippen molar-refractivity contribution in [2.75, 3.05) is 0 Å². The van der Waals surface area contributed by atoms with E-state index in [2.05, 4.69) is 0 Å². The molecule has 0 nitrogen and oxygen atoms in total. The molecular weight excluding hydrogens is 302 g/mol. The first-order valence-corrected chi connectivity index (χ1v) is 0. The molecule has 0 unspecified atom stereocenters. The average Bonchev–Trinajstić information content (AvgIpc) is 0. The Morgan fingerprint density at radius 3 is 0.500 bits per heavy atom. The van der Waals surface area contributed by atoms with Gasteiger partial charge in [-0.3, -0.25) is 0 Å². The molecule has 0 aromatic heterocycles. The summed E-state index contributed by atoms with van der Waals surface area (Å²) in [6.07, 6.45) is 0. The van der Waals surface area contributed by atoms with Gasteiger partial charge in [-0.2, -0.15) is 0 Å². The van der Waals surface area contributed by atoms with Crippen molar-refractivity contribution in [1.82, 2.24) is 0 Å². The monoisotopic (exact) mass is 309 g/mol. The molecule has 0 fully saturated rings. The Bertz CT molecular complexity index is 3.25. The van der Waals surface area contributed by atoms with Crippen LogP contribution in [-0.2, 0) is 22.4 Å². The van der Waals surface area contributed by atoms with Crippen molar-refractivity contribution in [3.05, 3.63) is 0 Å². The first-order chi connectivity index (χ1) is 0. The molecule has 0 aromatic rings. The van der Waals surface area contributed by atoms with Crippen LogP contribution in [0.25, 0.3) is 0 Å². The van der Waals surface area contributed by atoms with E-state index in [0.717, 1.165) is 0 Å². The minimum atomic E-state index is 0. The van der Waals surface area contributed by atoms with E-state index in [9.17, 15) is 0 Å². The molecule has 0 rings (SSSR count). The summed E-state index contributed by atoms with van der Waals surface area (Å²) in [7, 11) is 0. The van der Waals surface area contributed by atoms with E-state index in [-0.39, 0.29) is 81.8 Å². The molecule has 23 valence electrons. The third-order valence-corrected chi connectivity index (χ3v) is 0. The standard InChI is InChI=1S/3Ga.Nb.9H. The third-order valence-electron chi connectivity index (χ3n) is 0. The summed E-state index contributed by atoms with van der Waals surface area (Å²) in [5, 5.41) is 0. The zero-order valence-corrected chi connectivity index (χ0v) is 2.65. The Morgan fingerprint density at radius 2 is 0.500 bits per heavy atom. The average molecular weight is 311 g/mol. The quantitative estimate of drug-likeness (QED) is 0.407. The zero-order chi connectivity index (χ0) is 0. The molecule has 0 spiro atoms. The first kappa shape index (κ1) is 30.2. The van der Waals surface area contributed by atoms with Crippen LogP contribution in [0.3, 0.4) is 0 Å². The normalized spacial score (nSPS) is 0. The molecule has 0 amide bonds. The molecule has 0 aliphatic rings. The Balaban J connectivity index is 0. The van der Waals surface area contributed by atoms with Crippen molar-refractivity contribution >= 4 is 59.4 Å². The van der Waals surface area contributed by atoms with Gasteiger partial charge in [-0.15, -0.1) is 0 Å². The number of hydrogen-bond acceptors (Lipinski definition) is 0. The molecule has 0 aliphatic carbocycles. The van der Waals surface area contributed by atoms with Gasteiger partial charge in [0.15, 0.2) is 0 Å². The van der Waals surface area contributed by atoms with Gasteiger partial charge in [0.25, 0.3) is 0 Å². The molecule has 4 heavy (non-hydrogen) atoms. The van der Waals surface area contributed by atoms with Crippen molar-refractivity contribution < 1.29 is 22.4 Å². The van der Waals surface area contributed by atoms with Crippen LogP contribution in [0.2, 0.25) is 0 Å². The van der Waals surface area contributed by atoms with Gasteiger partial charge in [0.1, 0.15) is 0 Å². The summed E-state index contributed by atoms with van der Waals surface area (Å²) in [5.41, 5.74) is 0. The van der Waals surface area contributed by atoms with Gasteiger partial charge in [-0.05, 0) is 0 Å². The van der Waals surface area contributed by atoms with E-state index in [1.54, 1.807) is 0 Å². The summed E-state index contributed by atoms with van der Waals surface area (Å²) >= 11 is 0. The maximum absolute atomic E-state index is 0. The number of hydrogen-bond donors (Lipinski definition) is 0. The fourth-order valence-corrected chi connectivity index (χ4v) is 0.